The van der Waals surface area contributed by atoms with Crippen LogP contribution >= 0.6 is 0 Å². The zero-order valence-electron chi connectivity index (χ0n) is 12.1. The number of methoxy groups -OCH3 is 1. The van der Waals surface area contributed by atoms with Crippen molar-refractivity contribution in [2.75, 3.05) is 11.8 Å². The van der Waals surface area contributed by atoms with E-state index in [1.165, 1.54) is 31.4 Å². The molecular weight excluding hydrogens is 324 g/mol. The summed E-state index contributed by atoms with van der Waals surface area (Å²) in [5.74, 6) is -0.0313. The third-order valence-corrected chi connectivity index (χ3v) is 4.40. The van der Waals surface area contributed by atoms with Crippen LogP contribution in [0.3, 0.4) is 0 Å². The number of ether oxygens (including phenoxy) is 1. The van der Waals surface area contributed by atoms with Crippen molar-refractivity contribution in [2.45, 2.75) is 11.5 Å². The summed E-state index contributed by atoms with van der Waals surface area (Å²) in [6, 6.07) is 9.55. The molecule has 23 heavy (non-hydrogen) atoms. The molecule has 0 unspecified atom stereocenters. The van der Waals surface area contributed by atoms with Gasteiger partial charge >= 0.3 is 5.69 Å². The normalized spacial score (nSPS) is 11.0. The predicted molar refractivity (Wildman–Crippen MR) is 82.8 cm³/mol. The summed E-state index contributed by atoms with van der Waals surface area (Å²) in [5, 5.41) is 20.1. The Hall–Kier alpha value is -2.65. The van der Waals surface area contributed by atoms with E-state index in [0.29, 0.717) is 5.56 Å². The molecular formula is C14H14N2O6S. The molecule has 0 saturated carbocycles. The van der Waals surface area contributed by atoms with Gasteiger partial charge in [-0.1, -0.05) is 12.1 Å². The van der Waals surface area contributed by atoms with Crippen LogP contribution in [-0.2, 0) is 16.6 Å². The molecule has 9 heteroatoms. The number of hydrogen-bond acceptors (Lipinski definition) is 6. The molecule has 0 aliphatic rings. The Morgan fingerprint density at radius 1 is 1.26 bits per heavy atom. The maximum absolute atomic E-state index is 12.3. The molecule has 0 heterocycles. The summed E-state index contributed by atoms with van der Waals surface area (Å²) in [5.41, 5.74) is 0.334. The summed E-state index contributed by atoms with van der Waals surface area (Å²) in [7, 11) is -2.75. The Balaban J connectivity index is 2.39. The molecule has 0 radical (unpaired) electrons. The number of nitro groups is 1. The molecule has 8 nitrogen and oxygen atoms in total. The van der Waals surface area contributed by atoms with E-state index in [-0.39, 0.29) is 22.9 Å². The van der Waals surface area contributed by atoms with Crippen LogP contribution in [0.15, 0.2) is 47.4 Å². The molecule has 2 aromatic carbocycles. The van der Waals surface area contributed by atoms with Crippen molar-refractivity contribution in [1.82, 2.24) is 0 Å². The molecule has 122 valence electrons. The van der Waals surface area contributed by atoms with E-state index in [4.69, 9.17) is 9.84 Å². The van der Waals surface area contributed by atoms with Gasteiger partial charge in [-0.3, -0.25) is 14.8 Å². The number of aliphatic hydroxyl groups is 1. The number of sulfonamides is 1. The van der Waals surface area contributed by atoms with Gasteiger partial charge in [0.05, 0.1) is 23.5 Å². The van der Waals surface area contributed by atoms with Gasteiger partial charge in [0.15, 0.2) is 5.75 Å². The standard InChI is InChI=1S/C14H14N2O6S/c1-22-14-6-5-12(8-13(14)16(18)19)23(20,21)15-11-4-2-3-10(7-11)9-17/h2-8,15,17H,9H2,1H3. The van der Waals surface area contributed by atoms with Crippen LogP contribution in [0.25, 0.3) is 0 Å². The smallest absolute Gasteiger partial charge is 0.312 e. The van der Waals surface area contributed by atoms with Gasteiger partial charge in [-0.15, -0.1) is 0 Å². The van der Waals surface area contributed by atoms with Gasteiger partial charge in [-0.25, -0.2) is 8.42 Å². The summed E-state index contributed by atoms with van der Waals surface area (Å²) >= 11 is 0. The van der Waals surface area contributed by atoms with Crippen molar-refractivity contribution < 1.29 is 23.2 Å². The fraction of sp³-hybridized carbons (Fsp3) is 0.143. The lowest BCUT2D eigenvalue weighted by atomic mass is 10.2. The van der Waals surface area contributed by atoms with Crippen LogP contribution in [-0.4, -0.2) is 25.6 Å². The van der Waals surface area contributed by atoms with Crippen molar-refractivity contribution in [3.05, 3.63) is 58.1 Å². The lowest BCUT2D eigenvalue weighted by Crippen LogP contribution is -2.13. The van der Waals surface area contributed by atoms with E-state index < -0.39 is 20.6 Å². The quantitative estimate of drug-likeness (QED) is 0.613. The van der Waals surface area contributed by atoms with Crippen molar-refractivity contribution in [3.8, 4) is 5.75 Å². The van der Waals surface area contributed by atoms with Crippen LogP contribution < -0.4 is 9.46 Å². The van der Waals surface area contributed by atoms with Crippen molar-refractivity contribution in [2.24, 2.45) is 0 Å². The number of benzene rings is 2. The molecule has 0 amide bonds. The lowest BCUT2D eigenvalue weighted by molar-refractivity contribution is -0.386. The molecule has 0 fully saturated rings. The number of hydrogen-bond donors (Lipinski definition) is 2. The van der Waals surface area contributed by atoms with Gasteiger partial charge in [0.25, 0.3) is 10.0 Å². The molecule has 0 atom stereocenters. The average molecular weight is 338 g/mol. The Morgan fingerprint density at radius 3 is 2.61 bits per heavy atom. The molecule has 2 rings (SSSR count). The Kier molecular flexibility index (Phi) is 4.82. The minimum absolute atomic E-state index is 0.0313. The molecule has 2 N–H and O–H groups in total. The van der Waals surface area contributed by atoms with E-state index in [1.807, 2.05) is 0 Å². The van der Waals surface area contributed by atoms with E-state index in [1.54, 1.807) is 12.1 Å². The van der Waals surface area contributed by atoms with E-state index in [2.05, 4.69) is 4.72 Å². The Morgan fingerprint density at radius 2 is 2.00 bits per heavy atom. The van der Waals surface area contributed by atoms with Crippen LogP contribution in [0.2, 0.25) is 0 Å². The minimum atomic E-state index is -4.01. The van der Waals surface area contributed by atoms with Gasteiger partial charge in [0.2, 0.25) is 0 Å². The highest BCUT2D eigenvalue weighted by molar-refractivity contribution is 7.92. The molecule has 0 bridgehead atoms. The molecule has 0 spiro atoms. The predicted octanol–water partition coefficient (Wildman–Crippen LogP) is 1.90. The monoisotopic (exact) mass is 338 g/mol. The number of nitrogens with zero attached hydrogens (tertiary/aromatic N) is 1. The van der Waals surface area contributed by atoms with Gasteiger partial charge in [-0.2, -0.15) is 0 Å². The highest BCUT2D eigenvalue weighted by Crippen LogP contribution is 2.30. The first-order valence-corrected chi connectivity index (χ1v) is 7.91. The fourth-order valence-electron chi connectivity index (χ4n) is 1.93. The largest absolute Gasteiger partial charge is 0.490 e. The number of nitrogens with one attached hydrogen (secondary N) is 1. The van der Waals surface area contributed by atoms with Crippen molar-refractivity contribution in [1.29, 1.82) is 0 Å². The maximum Gasteiger partial charge on any atom is 0.312 e. The first-order chi connectivity index (χ1) is 10.9. The van der Waals surface area contributed by atoms with Crippen LogP contribution in [0.1, 0.15) is 5.56 Å². The molecule has 0 aromatic heterocycles. The summed E-state index contributed by atoms with van der Waals surface area (Å²) in [6.45, 7) is -0.233. The van der Waals surface area contributed by atoms with Crippen LogP contribution in [0.4, 0.5) is 11.4 Å². The maximum atomic E-state index is 12.3. The fourth-order valence-corrected chi connectivity index (χ4v) is 3.00. The van der Waals surface area contributed by atoms with Gasteiger partial charge < -0.3 is 9.84 Å². The zero-order chi connectivity index (χ0) is 17.0. The number of nitro benzene ring substituents is 1. The first kappa shape index (κ1) is 16.7. The second-order valence-electron chi connectivity index (χ2n) is 4.55. The summed E-state index contributed by atoms with van der Waals surface area (Å²) in [6.07, 6.45) is 0. The third-order valence-electron chi connectivity index (χ3n) is 3.02. The SMILES string of the molecule is COc1ccc(S(=O)(=O)Nc2cccc(CO)c2)cc1[N+](=O)[O-]. The van der Waals surface area contributed by atoms with Gasteiger partial charge in [0, 0.05) is 11.8 Å². The lowest BCUT2D eigenvalue weighted by Gasteiger charge is -2.10. The summed E-state index contributed by atoms with van der Waals surface area (Å²) < 4.78 is 31.8. The highest BCUT2D eigenvalue weighted by Gasteiger charge is 2.22. The number of rotatable bonds is 6. The minimum Gasteiger partial charge on any atom is -0.490 e. The molecule has 0 aliphatic heterocycles. The average Bonchev–Trinajstić information content (AvgIpc) is 2.53. The van der Waals surface area contributed by atoms with Crippen molar-refractivity contribution >= 4 is 21.4 Å². The zero-order valence-corrected chi connectivity index (χ0v) is 12.9. The second-order valence-corrected chi connectivity index (χ2v) is 6.24. The second kappa shape index (κ2) is 6.63. The molecule has 2 aromatic rings. The van der Waals surface area contributed by atoms with Crippen LogP contribution in [0, 0.1) is 10.1 Å². The molecule has 0 saturated heterocycles. The number of aliphatic hydroxyl groups excluding tert-OH is 1. The first-order valence-electron chi connectivity index (χ1n) is 6.42. The topological polar surface area (TPSA) is 119 Å². The van der Waals surface area contributed by atoms with Gasteiger partial charge in [0.1, 0.15) is 0 Å². The van der Waals surface area contributed by atoms with Crippen LogP contribution in [0.5, 0.6) is 5.75 Å². The van der Waals surface area contributed by atoms with Crippen molar-refractivity contribution in [3.63, 3.8) is 0 Å². The van der Waals surface area contributed by atoms with E-state index in [9.17, 15) is 18.5 Å². The Bertz CT molecular complexity index is 835. The van der Waals surface area contributed by atoms with Gasteiger partial charge in [-0.05, 0) is 29.8 Å². The summed E-state index contributed by atoms with van der Waals surface area (Å²) in [4.78, 5) is 10.0. The molecule has 0 aliphatic carbocycles. The Labute approximate surface area is 132 Å². The third kappa shape index (κ3) is 3.76. The highest BCUT2D eigenvalue weighted by atomic mass is 32.2. The number of anilines is 1. The van der Waals surface area contributed by atoms with E-state index in [0.717, 1.165) is 6.07 Å². The van der Waals surface area contributed by atoms with E-state index >= 15 is 0 Å².